The van der Waals surface area contributed by atoms with Crippen LogP contribution in [-0.2, 0) is 11.8 Å². The molecule has 0 aliphatic carbocycles. The number of aryl methyl sites for hydroxylation is 1. The van der Waals surface area contributed by atoms with E-state index in [1.165, 1.54) is 23.0 Å². The molecule has 1 aliphatic heterocycles. The van der Waals surface area contributed by atoms with Crippen molar-refractivity contribution in [2.24, 2.45) is 7.05 Å². The number of aromatic hydroxyl groups is 1. The van der Waals surface area contributed by atoms with Crippen molar-refractivity contribution in [1.29, 1.82) is 0 Å². The van der Waals surface area contributed by atoms with Gasteiger partial charge in [-0.1, -0.05) is 12.1 Å². The van der Waals surface area contributed by atoms with Crippen LogP contribution in [0.5, 0.6) is 17.2 Å². The van der Waals surface area contributed by atoms with Gasteiger partial charge in [0.25, 0.3) is 5.56 Å². The fraction of sp³-hybridized carbons (Fsp3) is 0.138. The van der Waals surface area contributed by atoms with Crippen LogP contribution in [0.25, 0.3) is 33.0 Å². The molecular weight excluding hydrogens is 474 g/mol. The number of esters is 1. The molecule has 1 aliphatic rings. The molecule has 8 nitrogen and oxygen atoms in total. The highest BCUT2D eigenvalue weighted by Crippen LogP contribution is 2.42. The van der Waals surface area contributed by atoms with E-state index < -0.39 is 11.9 Å². The summed E-state index contributed by atoms with van der Waals surface area (Å²) in [5.74, 6) is -0.183. The van der Waals surface area contributed by atoms with Gasteiger partial charge in [-0.2, -0.15) is 0 Å². The Labute approximate surface area is 209 Å². The van der Waals surface area contributed by atoms with Crippen LogP contribution in [0.15, 0.2) is 80.9 Å². The third-order valence-electron chi connectivity index (χ3n) is 6.90. The number of hydrogen-bond acceptors (Lipinski definition) is 7. The number of carbonyl (C=O) groups is 1. The lowest BCUT2D eigenvalue weighted by Gasteiger charge is -2.25. The molecule has 0 fully saturated rings. The van der Waals surface area contributed by atoms with Crippen LogP contribution in [0.2, 0.25) is 0 Å². The summed E-state index contributed by atoms with van der Waals surface area (Å²) in [6.07, 6.45) is 1.28. The third kappa shape index (κ3) is 3.57. The Hall–Kier alpha value is -4.85. The average Bonchev–Trinajstić information content (AvgIpc) is 2.90. The number of pyridine rings is 1. The number of aromatic nitrogens is 1. The number of ether oxygens (including phenoxy) is 2. The summed E-state index contributed by atoms with van der Waals surface area (Å²) in [5, 5.41) is 10.7. The quantitative estimate of drug-likeness (QED) is 0.291. The molecule has 0 spiro atoms. The molecule has 1 atom stereocenters. The van der Waals surface area contributed by atoms with Gasteiger partial charge in [0.2, 0.25) is 5.43 Å². The zero-order valence-corrected chi connectivity index (χ0v) is 20.0. The van der Waals surface area contributed by atoms with Crippen molar-refractivity contribution in [1.82, 2.24) is 4.57 Å². The molecule has 5 aromatic rings. The predicted molar refractivity (Wildman–Crippen MR) is 137 cm³/mol. The molecule has 1 N–H and O–H groups in total. The highest BCUT2D eigenvalue weighted by molar-refractivity contribution is 5.91. The smallest absolute Gasteiger partial charge is 0.312 e. The van der Waals surface area contributed by atoms with E-state index in [0.717, 1.165) is 5.39 Å². The molecule has 37 heavy (non-hydrogen) atoms. The van der Waals surface area contributed by atoms with Gasteiger partial charge in [-0.05, 0) is 53.4 Å². The minimum absolute atomic E-state index is 0.0769. The van der Waals surface area contributed by atoms with Crippen LogP contribution >= 0.6 is 0 Å². The van der Waals surface area contributed by atoms with Gasteiger partial charge < -0.3 is 23.6 Å². The molecule has 0 amide bonds. The second-order valence-electron chi connectivity index (χ2n) is 9.00. The number of nitrogens with zero attached hydrogens (tertiary/aromatic N) is 1. The summed E-state index contributed by atoms with van der Waals surface area (Å²) in [5.41, 5.74) is 2.21. The molecule has 6 rings (SSSR count). The first-order valence-electron chi connectivity index (χ1n) is 11.6. The van der Waals surface area contributed by atoms with Gasteiger partial charge in [0.05, 0.1) is 30.0 Å². The van der Waals surface area contributed by atoms with Crippen LogP contribution in [0.4, 0.5) is 0 Å². The Morgan fingerprint density at radius 1 is 1.00 bits per heavy atom. The molecule has 2 aromatic heterocycles. The lowest BCUT2D eigenvalue weighted by Crippen LogP contribution is -2.29. The van der Waals surface area contributed by atoms with E-state index in [9.17, 15) is 19.5 Å². The number of phenolic OH excluding ortho intramolecular Hbond substituents is 1. The summed E-state index contributed by atoms with van der Waals surface area (Å²) in [6, 6.07) is 16.6. The first-order chi connectivity index (χ1) is 17.9. The molecule has 3 heterocycles. The molecule has 184 valence electrons. The molecule has 0 saturated heterocycles. The summed E-state index contributed by atoms with van der Waals surface area (Å²) >= 11 is 0. The standard InChI is InChI=1S/C29H21NO7/c1-30-23-12-18(35-2)8-5-16(23)11-21(29(30)34)20-13-25(32)37-24-10-9-19-27(33)22(14-36-28(19)26(20)24)15-3-6-17(31)7-4-15/h3-12,14,20,31H,13H2,1-2H3. The first kappa shape index (κ1) is 22.6. The molecule has 0 radical (unpaired) electrons. The van der Waals surface area contributed by atoms with Crippen LogP contribution < -0.4 is 20.5 Å². The van der Waals surface area contributed by atoms with Crippen molar-refractivity contribution in [2.45, 2.75) is 12.3 Å². The lowest BCUT2D eigenvalue weighted by atomic mass is 9.85. The van der Waals surface area contributed by atoms with Gasteiger partial charge in [-0.3, -0.25) is 14.4 Å². The Kier molecular flexibility index (Phi) is 5.12. The number of phenols is 1. The van der Waals surface area contributed by atoms with E-state index in [1.54, 1.807) is 56.6 Å². The third-order valence-corrected chi connectivity index (χ3v) is 6.90. The normalized spacial score (nSPS) is 15.0. The Bertz CT molecular complexity index is 1850. The van der Waals surface area contributed by atoms with Crippen molar-refractivity contribution in [3.63, 3.8) is 0 Å². The molecule has 8 heteroatoms. The summed E-state index contributed by atoms with van der Waals surface area (Å²) in [6.45, 7) is 0. The Morgan fingerprint density at radius 3 is 2.54 bits per heavy atom. The maximum Gasteiger partial charge on any atom is 0.312 e. The molecule has 1 unspecified atom stereocenters. The SMILES string of the molecule is COc1ccc2cc(C3CC(=O)Oc4ccc5c(=O)c(-c6ccc(O)cc6)coc5c43)c(=O)n(C)c2c1. The topological polar surface area (TPSA) is 108 Å². The second-order valence-corrected chi connectivity index (χ2v) is 9.00. The van der Waals surface area contributed by atoms with Gasteiger partial charge in [-0.25, -0.2) is 0 Å². The second kappa shape index (κ2) is 8.37. The summed E-state index contributed by atoms with van der Waals surface area (Å²) in [7, 11) is 3.23. The molecular formula is C29H21NO7. The van der Waals surface area contributed by atoms with Crippen molar-refractivity contribution < 1.29 is 23.8 Å². The minimum atomic E-state index is -0.673. The minimum Gasteiger partial charge on any atom is -0.508 e. The van der Waals surface area contributed by atoms with E-state index >= 15 is 0 Å². The van der Waals surface area contributed by atoms with Gasteiger partial charge in [0.1, 0.15) is 29.1 Å². The summed E-state index contributed by atoms with van der Waals surface area (Å²) in [4.78, 5) is 39.5. The van der Waals surface area contributed by atoms with E-state index in [0.29, 0.717) is 38.9 Å². The van der Waals surface area contributed by atoms with E-state index in [2.05, 4.69) is 0 Å². The molecule has 3 aromatic carbocycles. The van der Waals surface area contributed by atoms with Crippen molar-refractivity contribution in [2.75, 3.05) is 7.11 Å². The monoisotopic (exact) mass is 495 g/mol. The molecule has 0 bridgehead atoms. The number of fused-ring (bicyclic) bond motifs is 4. The fourth-order valence-electron chi connectivity index (χ4n) is 5.01. The summed E-state index contributed by atoms with van der Waals surface area (Å²) < 4.78 is 18.3. The van der Waals surface area contributed by atoms with Crippen LogP contribution in [0.3, 0.4) is 0 Å². The zero-order valence-electron chi connectivity index (χ0n) is 20.0. The van der Waals surface area contributed by atoms with Gasteiger partial charge in [-0.15, -0.1) is 0 Å². The van der Waals surface area contributed by atoms with Crippen LogP contribution in [0.1, 0.15) is 23.5 Å². The highest BCUT2D eigenvalue weighted by atomic mass is 16.5. The predicted octanol–water partition coefficient (Wildman–Crippen LogP) is 4.47. The van der Waals surface area contributed by atoms with Crippen LogP contribution in [-0.4, -0.2) is 22.8 Å². The van der Waals surface area contributed by atoms with E-state index in [1.807, 2.05) is 6.07 Å². The lowest BCUT2D eigenvalue weighted by molar-refractivity contribution is -0.135. The number of methoxy groups -OCH3 is 1. The maximum atomic E-state index is 13.5. The largest absolute Gasteiger partial charge is 0.508 e. The number of hydrogen-bond donors (Lipinski definition) is 1. The Balaban J connectivity index is 1.59. The maximum absolute atomic E-state index is 13.5. The Morgan fingerprint density at radius 2 is 1.78 bits per heavy atom. The first-order valence-corrected chi connectivity index (χ1v) is 11.6. The van der Waals surface area contributed by atoms with Crippen molar-refractivity contribution in [3.05, 3.63) is 98.6 Å². The van der Waals surface area contributed by atoms with E-state index in [4.69, 9.17) is 13.9 Å². The van der Waals surface area contributed by atoms with E-state index in [-0.39, 0.29) is 34.5 Å². The van der Waals surface area contributed by atoms with Gasteiger partial charge in [0, 0.05) is 30.2 Å². The van der Waals surface area contributed by atoms with Gasteiger partial charge in [0.15, 0.2) is 0 Å². The van der Waals surface area contributed by atoms with Crippen molar-refractivity contribution >= 4 is 27.8 Å². The molecule has 0 saturated carbocycles. The number of carbonyl (C=O) groups excluding carboxylic acids is 1. The van der Waals surface area contributed by atoms with Crippen LogP contribution in [0, 0.1) is 0 Å². The highest BCUT2D eigenvalue weighted by Gasteiger charge is 2.34. The number of rotatable bonds is 3. The number of benzene rings is 3. The van der Waals surface area contributed by atoms with Gasteiger partial charge >= 0.3 is 5.97 Å². The average molecular weight is 495 g/mol. The van der Waals surface area contributed by atoms with Crippen molar-refractivity contribution in [3.8, 4) is 28.4 Å². The zero-order chi connectivity index (χ0) is 25.8. The fourth-order valence-corrected chi connectivity index (χ4v) is 5.01.